The van der Waals surface area contributed by atoms with Crippen molar-refractivity contribution in [2.24, 2.45) is 0 Å². The number of allylic oxidation sites excluding steroid dienone is 2. The summed E-state index contributed by atoms with van der Waals surface area (Å²) < 4.78 is 16.5. The molecule has 1 atom stereocenters. The molecule has 0 radical (unpaired) electrons. The molecule has 2 N–H and O–H groups in total. The first-order chi connectivity index (χ1) is 13.8. The molecule has 158 valence electrons. The number of hydrogen-bond donors (Lipinski definition) is 2. The molecule has 0 fully saturated rings. The van der Waals surface area contributed by atoms with Gasteiger partial charge in [0.15, 0.2) is 0 Å². The predicted molar refractivity (Wildman–Crippen MR) is 111 cm³/mol. The van der Waals surface area contributed by atoms with Gasteiger partial charge in [-0.05, 0) is 38.0 Å². The van der Waals surface area contributed by atoms with E-state index >= 15 is 0 Å². The number of rotatable bonds is 9. The molecule has 1 aromatic rings. The lowest BCUT2D eigenvalue weighted by molar-refractivity contribution is -0.141. The lowest BCUT2D eigenvalue weighted by atomic mass is 9.64. The topological polar surface area (TPSA) is 94.1 Å². The van der Waals surface area contributed by atoms with Crippen molar-refractivity contribution < 1.29 is 28.9 Å². The van der Waals surface area contributed by atoms with E-state index in [2.05, 4.69) is 21.2 Å². The number of hydrogen-bond acceptors (Lipinski definition) is 6. The second kappa shape index (κ2) is 10.0. The second-order valence-electron chi connectivity index (χ2n) is 6.72. The Balaban J connectivity index is 2.77. The zero-order chi connectivity index (χ0) is 21.6. The Morgan fingerprint density at radius 3 is 2.31 bits per heavy atom. The number of carbonyl (C=O) groups excluding carboxylic acids is 1. The molecular weight excluding hydrogens is 442 g/mol. The highest BCUT2D eigenvalue weighted by molar-refractivity contribution is 9.10. The average molecular weight is 468 g/mol. The Morgan fingerprint density at radius 1 is 1.07 bits per heavy atom. The maximum absolute atomic E-state index is 13.2. The molecule has 2 rings (SSSR count). The van der Waals surface area contributed by atoms with Crippen LogP contribution in [0.1, 0.15) is 25.8 Å². The van der Waals surface area contributed by atoms with Crippen LogP contribution in [0.4, 0.5) is 0 Å². The zero-order valence-corrected chi connectivity index (χ0v) is 18.6. The molecule has 0 spiro atoms. The minimum atomic E-state index is -1.24. The van der Waals surface area contributed by atoms with Crippen molar-refractivity contribution in [2.75, 3.05) is 34.0 Å². The van der Waals surface area contributed by atoms with E-state index in [1.807, 2.05) is 24.3 Å². The summed E-state index contributed by atoms with van der Waals surface area (Å²) in [7, 11) is 3.05. The summed E-state index contributed by atoms with van der Waals surface area (Å²) in [6, 6.07) is 7.30. The Kier molecular flexibility index (Phi) is 8.01. The van der Waals surface area contributed by atoms with Crippen molar-refractivity contribution in [3.8, 4) is 0 Å². The van der Waals surface area contributed by atoms with Crippen LogP contribution in [0, 0.1) is 0 Å². The lowest BCUT2D eigenvalue weighted by Crippen LogP contribution is -2.46. The van der Waals surface area contributed by atoms with E-state index in [-0.39, 0.29) is 37.4 Å². The van der Waals surface area contributed by atoms with Crippen molar-refractivity contribution in [1.82, 2.24) is 5.32 Å². The van der Waals surface area contributed by atoms with Gasteiger partial charge < -0.3 is 24.6 Å². The molecule has 29 heavy (non-hydrogen) atoms. The third-order valence-corrected chi connectivity index (χ3v) is 5.41. The number of benzene rings is 1. The third-order valence-electron chi connectivity index (χ3n) is 4.92. The maximum Gasteiger partial charge on any atom is 0.337 e. The molecular formula is C21H26BrNO6. The van der Waals surface area contributed by atoms with Crippen LogP contribution in [0.15, 0.2) is 51.3 Å². The number of carboxylic acids is 1. The predicted octanol–water partition coefficient (Wildman–Crippen LogP) is 3.15. The molecule has 0 saturated carbocycles. The van der Waals surface area contributed by atoms with E-state index in [1.165, 1.54) is 7.11 Å². The van der Waals surface area contributed by atoms with Crippen LogP contribution in [0.3, 0.4) is 0 Å². The van der Waals surface area contributed by atoms with Crippen LogP contribution in [0.25, 0.3) is 0 Å². The number of nitrogens with one attached hydrogen (secondary N) is 1. The quantitative estimate of drug-likeness (QED) is 0.425. The van der Waals surface area contributed by atoms with Crippen LogP contribution in [0.2, 0.25) is 0 Å². The number of esters is 1. The van der Waals surface area contributed by atoms with Gasteiger partial charge in [0, 0.05) is 36.7 Å². The van der Waals surface area contributed by atoms with E-state index in [4.69, 9.17) is 14.2 Å². The first-order valence-corrected chi connectivity index (χ1v) is 9.93. The zero-order valence-electron chi connectivity index (χ0n) is 17.0. The lowest BCUT2D eigenvalue weighted by Gasteiger charge is -2.41. The van der Waals surface area contributed by atoms with Gasteiger partial charge in [-0.3, -0.25) is 0 Å². The van der Waals surface area contributed by atoms with Gasteiger partial charge in [-0.2, -0.15) is 0 Å². The van der Waals surface area contributed by atoms with Crippen molar-refractivity contribution in [2.45, 2.75) is 25.7 Å². The fourth-order valence-corrected chi connectivity index (χ4v) is 4.22. The van der Waals surface area contributed by atoms with Crippen molar-refractivity contribution in [3.63, 3.8) is 0 Å². The summed E-state index contributed by atoms with van der Waals surface area (Å²) in [5.74, 6) is -1.70. The summed E-state index contributed by atoms with van der Waals surface area (Å²) in [6.07, 6.45) is 0.257. The molecule has 8 heteroatoms. The minimum Gasteiger partial charge on any atom is -0.478 e. The monoisotopic (exact) mass is 467 g/mol. The molecule has 1 heterocycles. The average Bonchev–Trinajstić information content (AvgIpc) is 2.65. The van der Waals surface area contributed by atoms with Gasteiger partial charge in [0.1, 0.15) is 6.61 Å². The normalized spacial score (nSPS) is 19.2. The van der Waals surface area contributed by atoms with Crippen LogP contribution in [-0.4, -0.2) is 51.1 Å². The van der Waals surface area contributed by atoms with Crippen LogP contribution < -0.4 is 5.32 Å². The molecule has 7 nitrogen and oxygen atoms in total. The number of methoxy groups -OCH3 is 2. The number of carbonyl (C=O) groups is 2. The standard InChI is InChI=1S/C21H26BrNO6/c1-13-17(19(24)25)21(8-9-27-3,15-6-5-7-16(22)12-15)18(14(2)23-13)20(26)29-11-10-28-4/h5-7,12,23H,8-11H2,1-4H3,(H,24,25). The highest BCUT2D eigenvalue weighted by atomic mass is 79.9. The van der Waals surface area contributed by atoms with Gasteiger partial charge >= 0.3 is 11.9 Å². The summed E-state index contributed by atoms with van der Waals surface area (Å²) in [5, 5.41) is 13.2. The summed E-state index contributed by atoms with van der Waals surface area (Å²) in [5.41, 5.74) is 0.796. The molecule has 0 bridgehead atoms. The molecule has 0 amide bonds. The Labute approximate surface area is 178 Å². The van der Waals surface area contributed by atoms with Gasteiger partial charge in [-0.1, -0.05) is 28.1 Å². The van der Waals surface area contributed by atoms with Gasteiger partial charge in [-0.25, -0.2) is 9.59 Å². The molecule has 0 aromatic heterocycles. The van der Waals surface area contributed by atoms with Crippen molar-refractivity contribution >= 4 is 27.9 Å². The van der Waals surface area contributed by atoms with Crippen LogP contribution in [0.5, 0.6) is 0 Å². The summed E-state index contributed by atoms with van der Waals surface area (Å²) in [4.78, 5) is 25.5. The van der Waals surface area contributed by atoms with Gasteiger partial charge in [0.25, 0.3) is 0 Å². The SMILES string of the molecule is COCCOC(=O)C1=C(C)NC(C)=C(C(=O)O)C1(CCOC)c1cccc(Br)c1. The first kappa shape index (κ1) is 23.1. The number of ether oxygens (including phenoxy) is 3. The molecule has 0 saturated heterocycles. The highest BCUT2D eigenvalue weighted by Gasteiger charge is 2.50. The molecule has 1 aromatic carbocycles. The summed E-state index contributed by atoms with van der Waals surface area (Å²) in [6.45, 7) is 4.00. The third kappa shape index (κ3) is 4.71. The maximum atomic E-state index is 13.2. The summed E-state index contributed by atoms with van der Waals surface area (Å²) >= 11 is 3.46. The van der Waals surface area contributed by atoms with Gasteiger partial charge in [0.2, 0.25) is 0 Å². The number of halogens is 1. The van der Waals surface area contributed by atoms with E-state index in [0.29, 0.717) is 17.0 Å². The van der Waals surface area contributed by atoms with Crippen molar-refractivity contribution in [1.29, 1.82) is 0 Å². The highest BCUT2D eigenvalue weighted by Crippen LogP contribution is 2.48. The van der Waals surface area contributed by atoms with E-state index in [9.17, 15) is 14.7 Å². The van der Waals surface area contributed by atoms with E-state index < -0.39 is 17.4 Å². The molecule has 0 aliphatic carbocycles. The Bertz CT molecular complexity index is 847. The fraction of sp³-hybridized carbons (Fsp3) is 0.429. The largest absolute Gasteiger partial charge is 0.478 e. The second-order valence-corrected chi connectivity index (χ2v) is 7.63. The number of carboxylic acid groups (broad SMARTS) is 1. The van der Waals surface area contributed by atoms with E-state index in [0.717, 1.165) is 4.47 Å². The van der Waals surface area contributed by atoms with Crippen molar-refractivity contribution in [3.05, 3.63) is 56.8 Å². The van der Waals surface area contributed by atoms with Crippen LogP contribution in [-0.2, 0) is 29.2 Å². The Morgan fingerprint density at radius 2 is 1.72 bits per heavy atom. The fourth-order valence-electron chi connectivity index (χ4n) is 3.82. The van der Waals surface area contributed by atoms with Gasteiger partial charge in [-0.15, -0.1) is 0 Å². The smallest absolute Gasteiger partial charge is 0.337 e. The van der Waals surface area contributed by atoms with Crippen LogP contribution >= 0.6 is 15.9 Å². The number of dihydropyridines is 1. The first-order valence-electron chi connectivity index (χ1n) is 9.13. The minimum absolute atomic E-state index is 0.0655. The molecule has 1 aliphatic heterocycles. The Hall–Kier alpha value is -2.16. The van der Waals surface area contributed by atoms with E-state index in [1.54, 1.807) is 21.0 Å². The van der Waals surface area contributed by atoms with Gasteiger partial charge in [0.05, 0.1) is 23.2 Å². The molecule has 1 aliphatic rings. The molecule has 1 unspecified atom stereocenters. The number of aliphatic carboxylic acids is 1.